The number of guanidine groups is 1. The van der Waals surface area contributed by atoms with E-state index in [-0.39, 0.29) is 0 Å². The summed E-state index contributed by atoms with van der Waals surface area (Å²) in [5.41, 5.74) is 2.49. The summed E-state index contributed by atoms with van der Waals surface area (Å²) in [4.78, 5) is 6.98. The van der Waals surface area contributed by atoms with Crippen LogP contribution in [0.1, 0.15) is 32.3 Å². The molecule has 1 heterocycles. The van der Waals surface area contributed by atoms with Crippen LogP contribution in [0.2, 0.25) is 0 Å². The summed E-state index contributed by atoms with van der Waals surface area (Å²) in [6.45, 7) is 7.35. The molecule has 17 heavy (non-hydrogen) atoms. The van der Waals surface area contributed by atoms with Gasteiger partial charge in [0.15, 0.2) is 5.96 Å². The number of benzene rings is 1. The van der Waals surface area contributed by atoms with E-state index in [1.165, 1.54) is 11.3 Å². The summed E-state index contributed by atoms with van der Waals surface area (Å²) >= 11 is 0. The van der Waals surface area contributed by atoms with Crippen molar-refractivity contribution in [3.63, 3.8) is 0 Å². The van der Waals surface area contributed by atoms with Crippen molar-refractivity contribution in [3.8, 4) is 0 Å². The van der Waals surface area contributed by atoms with E-state index in [1.54, 1.807) is 0 Å². The molecule has 0 saturated heterocycles. The first-order valence-electron chi connectivity index (χ1n) is 6.49. The van der Waals surface area contributed by atoms with Crippen molar-refractivity contribution in [2.24, 2.45) is 4.99 Å². The average Bonchev–Trinajstić information content (AvgIpc) is 2.38. The van der Waals surface area contributed by atoms with Crippen LogP contribution >= 0.6 is 0 Å². The van der Waals surface area contributed by atoms with Crippen LogP contribution in [0.5, 0.6) is 0 Å². The Morgan fingerprint density at radius 1 is 1.18 bits per heavy atom. The number of nitrogens with zero attached hydrogens (tertiary/aromatic N) is 2. The number of aliphatic imine (C=N–C) groups is 1. The second-order valence-electron chi connectivity index (χ2n) is 4.41. The molecule has 0 aromatic heterocycles. The molecule has 1 N–H and O–H groups in total. The Hall–Kier alpha value is -1.51. The minimum atomic E-state index is 0.794. The average molecular weight is 231 g/mol. The molecule has 1 aliphatic rings. The van der Waals surface area contributed by atoms with E-state index in [4.69, 9.17) is 0 Å². The van der Waals surface area contributed by atoms with Crippen molar-refractivity contribution in [2.45, 2.75) is 33.2 Å². The minimum Gasteiger partial charge on any atom is -0.343 e. The number of fused-ring (bicyclic) bond motifs is 1. The van der Waals surface area contributed by atoms with Crippen molar-refractivity contribution >= 4 is 11.6 Å². The monoisotopic (exact) mass is 231 g/mol. The molecule has 1 aromatic carbocycles. The molecular weight excluding hydrogens is 210 g/mol. The van der Waals surface area contributed by atoms with Crippen LogP contribution in [0.25, 0.3) is 0 Å². The smallest absolute Gasteiger partial charge is 0.198 e. The van der Waals surface area contributed by atoms with Gasteiger partial charge in [-0.15, -0.1) is 0 Å². The van der Waals surface area contributed by atoms with Gasteiger partial charge in [-0.1, -0.05) is 32.0 Å². The summed E-state index contributed by atoms with van der Waals surface area (Å²) in [5.74, 6) is 1.03. The highest BCUT2D eigenvalue weighted by Gasteiger charge is 2.15. The zero-order valence-electron chi connectivity index (χ0n) is 10.7. The Morgan fingerprint density at radius 2 is 1.88 bits per heavy atom. The van der Waals surface area contributed by atoms with Crippen molar-refractivity contribution < 1.29 is 0 Å². The van der Waals surface area contributed by atoms with Crippen LogP contribution in [0.3, 0.4) is 0 Å². The normalized spacial score (nSPS) is 13.6. The number of hydrogen-bond donors (Lipinski definition) is 1. The summed E-state index contributed by atoms with van der Waals surface area (Å²) in [6.07, 6.45) is 2.31. The fourth-order valence-corrected chi connectivity index (χ4v) is 2.14. The maximum atomic E-state index is 4.64. The Morgan fingerprint density at radius 3 is 2.59 bits per heavy atom. The second kappa shape index (κ2) is 5.71. The lowest BCUT2D eigenvalue weighted by molar-refractivity contribution is 0.413. The maximum absolute atomic E-state index is 4.64. The molecule has 3 heteroatoms. The molecule has 92 valence electrons. The van der Waals surface area contributed by atoms with E-state index >= 15 is 0 Å². The first-order chi connectivity index (χ1) is 8.35. The summed E-state index contributed by atoms with van der Waals surface area (Å²) in [5, 5.41) is 3.44. The highest BCUT2D eigenvalue weighted by molar-refractivity contribution is 5.95. The molecule has 2 rings (SSSR count). The third-order valence-electron chi connectivity index (χ3n) is 2.95. The van der Waals surface area contributed by atoms with Crippen LogP contribution < -0.4 is 5.32 Å². The number of anilines is 1. The van der Waals surface area contributed by atoms with Crippen molar-refractivity contribution in [3.05, 3.63) is 29.8 Å². The Labute approximate surface area is 104 Å². The van der Waals surface area contributed by atoms with E-state index in [1.807, 2.05) is 0 Å². The molecule has 0 amide bonds. The van der Waals surface area contributed by atoms with Gasteiger partial charge in [0, 0.05) is 18.8 Å². The lowest BCUT2D eigenvalue weighted by Gasteiger charge is -2.29. The van der Waals surface area contributed by atoms with Gasteiger partial charge in [0.25, 0.3) is 0 Å². The second-order valence-corrected chi connectivity index (χ2v) is 4.41. The van der Waals surface area contributed by atoms with E-state index in [0.717, 1.165) is 38.4 Å². The topological polar surface area (TPSA) is 27.6 Å². The molecule has 0 aliphatic carbocycles. The highest BCUT2D eigenvalue weighted by Crippen LogP contribution is 2.20. The van der Waals surface area contributed by atoms with Crippen LogP contribution in [-0.2, 0) is 6.54 Å². The number of nitrogens with one attached hydrogen (secondary N) is 1. The molecule has 1 aromatic rings. The number of hydrogen-bond acceptors (Lipinski definition) is 3. The third-order valence-corrected chi connectivity index (χ3v) is 2.95. The first-order valence-corrected chi connectivity index (χ1v) is 6.49. The zero-order valence-corrected chi connectivity index (χ0v) is 10.7. The van der Waals surface area contributed by atoms with Gasteiger partial charge in [0.05, 0.1) is 6.54 Å². The van der Waals surface area contributed by atoms with Crippen LogP contribution in [-0.4, -0.2) is 23.9 Å². The lowest BCUT2D eigenvalue weighted by atomic mass is 10.1. The van der Waals surface area contributed by atoms with Gasteiger partial charge in [-0.25, -0.2) is 4.99 Å². The van der Waals surface area contributed by atoms with E-state index in [0.29, 0.717) is 0 Å². The van der Waals surface area contributed by atoms with Crippen molar-refractivity contribution in [1.82, 2.24) is 4.90 Å². The molecule has 0 unspecified atom stereocenters. The molecule has 0 fully saturated rings. The maximum Gasteiger partial charge on any atom is 0.198 e. The van der Waals surface area contributed by atoms with Gasteiger partial charge in [0.1, 0.15) is 0 Å². The Balaban J connectivity index is 2.11. The molecule has 1 aliphatic heterocycles. The van der Waals surface area contributed by atoms with Crippen LogP contribution in [0.4, 0.5) is 5.69 Å². The Bertz CT molecular complexity index is 392. The van der Waals surface area contributed by atoms with Crippen LogP contribution in [0.15, 0.2) is 29.3 Å². The molecule has 0 saturated carbocycles. The largest absolute Gasteiger partial charge is 0.343 e. The molecule has 0 bridgehead atoms. The predicted octanol–water partition coefficient (Wildman–Crippen LogP) is 3.09. The van der Waals surface area contributed by atoms with Gasteiger partial charge < -0.3 is 10.2 Å². The minimum absolute atomic E-state index is 0.794. The van der Waals surface area contributed by atoms with Gasteiger partial charge in [0.2, 0.25) is 0 Å². The first kappa shape index (κ1) is 12.0. The molecule has 0 atom stereocenters. The quantitative estimate of drug-likeness (QED) is 0.862. The Kier molecular flexibility index (Phi) is 4.02. The fraction of sp³-hybridized carbons (Fsp3) is 0.500. The van der Waals surface area contributed by atoms with Gasteiger partial charge in [-0.05, 0) is 24.5 Å². The molecule has 0 radical (unpaired) electrons. The predicted molar refractivity (Wildman–Crippen MR) is 73.4 cm³/mol. The third kappa shape index (κ3) is 2.78. The van der Waals surface area contributed by atoms with Crippen molar-refractivity contribution in [1.29, 1.82) is 0 Å². The van der Waals surface area contributed by atoms with Crippen molar-refractivity contribution in [2.75, 3.05) is 18.4 Å². The zero-order chi connectivity index (χ0) is 12.1. The fourth-order valence-electron chi connectivity index (χ4n) is 2.14. The van der Waals surface area contributed by atoms with Gasteiger partial charge >= 0.3 is 0 Å². The number of para-hydroxylation sites is 1. The van der Waals surface area contributed by atoms with Gasteiger partial charge in [-0.3, -0.25) is 0 Å². The summed E-state index contributed by atoms with van der Waals surface area (Å²) in [6, 6.07) is 8.39. The standard InChI is InChI=1S/C14H21N3/c1-3-9-17(10-4-2)14-15-11-12-7-5-6-8-13(12)16-14/h5-8H,3-4,9-11H2,1-2H3,(H,15,16). The molecular formula is C14H21N3. The summed E-state index contributed by atoms with van der Waals surface area (Å²) in [7, 11) is 0. The van der Waals surface area contributed by atoms with E-state index < -0.39 is 0 Å². The number of rotatable bonds is 4. The van der Waals surface area contributed by atoms with E-state index in [2.05, 4.69) is 53.3 Å². The lowest BCUT2D eigenvalue weighted by Crippen LogP contribution is -2.39. The van der Waals surface area contributed by atoms with Crippen LogP contribution in [0, 0.1) is 0 Å². The highest BCUT2D eigenvalue weighted by atomic mass is 15.3. The molecule has 0 spiro atoms. The summed E-state index contributed by atoms with van der Waals surface area (Å²) < 4.78 is 0. The SMILES string of the molecule is CCCN(CCC)C1=NCc2ccccc2N1. The van der Waals surface area contributed by atoms with E-state index in [9.17, 15) is 0 Å². The molecule has 3 nitrogen and oxygen atoms in total. The van der Waals surface area contributed by atoms with Gasteiger partial charge in [-0.2, -0.15) is 0 Å².